The second-order valence-electron chi connectivity index (χ2n) is 7.45. The van der Waals surface area contributed by atoms with E-state index in [1.54, 1.807) is 6.26 Å². The molecule has 1 aliphatic rings. The summed E-state index contributed by atoms with van der Waals surface area (Å²) in [5.74, 6) is 1.60. The van der Waals surface area contributed by atoms with Crippen molar-refractivity contribution in [1.82, 2.24) is 10.2 Å². The predicted octanol–water partition coefficient (Wildman–Crippen LogP) is 3.93. The minimum atomic E-state index is -0.108. The van der Waals surface area contributed by atoms with Crippen LogP contribution in [0.4, 0.5) is 0 Å². The highest BCUT2D eigenvalue weighted by Crippen LogP contribution is 2.25. The van der Waals surface area contributed by atoms with Gasteiger partial charge >= 0.3 is 0 Å². The molecule has 1 saturated heterocycles. The number of aryl methyl sites for hydroxylation is 3. The highest BCUT2D eigenvalue weighted by molar-refractivity contribution is 5.77. The van der Waals surface area contributed by atoms with Crippen LogP contribution in [0, 0.1) is 20.8 Å². The number of nitrogens with zero attached hydrogens (tertiary/aromatic N) is 1. The average Bonchev–Trinajstić information content (AvgIpc) is 3.16. The van der Waals surface area contributed by atoms with E-state index < -0.39 is 0 Å². The number of ether oxygens (including phenoxy) is 1. The summed E-state index contributed by atoms with van der Waals surface area (Å²) in [7, 11) is 0. The number of hydrogen-bond acceptors (Lipinski definition) is 4. The first-order chi connectivity index (χ1) is 13.0. The van der Waals surface area contributed by atoms with Gasteiger partial charge in [-0.1, -0.05) is 24.1 Å². The van der Waals surface area contributed by atoms with Gasteiger partial charge in [0.2, 0.25) is 0 Å². The van der Waals surface area contributed by atoms with Crippen LogP contribution < -0.4 is 10.1 Å². The smallest absolute Gasteiger partial charge is 0.258 e. The van der Waals surface area contributed by atoms with Crippen molar-refractivity contribution in [2.75, 3.05) is 26.2 Å². The number of furan rings is 1. The molecule has 3 rings (SSSR count). The Morgan fingerprint density at radius 2 is 1.89 bits per heavy atom. The first kappa shape index (κ1) is 19.5. The first-order valence-electron chi connectivity index (χ1n) is 9.79. The van der Waals surface area contributed by atoms with Gasteiger partial charge in [0.15, 0.2) is 6.61 Å². The lowest BCUT2D eigenvalue weighted by Gasteiger charge is -2.33. The van der Waals surface area contributed by atoms with E-state index >= 15 is 0 Å². The van der Waals surface area contributed by atoms with Gasteiger partial charge in [0.1, 0.15) is 11.5 Å². The predicted molar refractivity (Wildman–Crippen MR) is 106 cm³/mol. The van der Waals surface area contributed by atoms with Crippen molar-refractivity contribution in [3.63, 3.8) is 0 Å². The number of amides is 1. The molecule has 27 heavy (non-hydrogen) atoms. The summed E-state index contributed by atoms with van der Waals surface area (Å²) in [6.07, 6.45) is 5.36. The third-order valence-corrected chi connectivity index (χ3v) is 5.15. The Bertz CT molecular complexity index is 726. The van der Waals surface area contributed by atoms with Crippen molar-refractivity contribution < 1.29 is 13.9 Å². The van der Waals surface area contributed by atoms with Crippen molar-refractivity contribution in [2.24, 2.45) is 0 Å². The zero-order chi connectivity index (χ0) is 19.2. The summed E-state index contributed by atoms with van der Waals surface area (Å²) in [4.78, 5) is 14.8. The fourth-order valence-electron chi connectivity index (χ4n) is 3.91. The molecule has 0 aliphatic carbocycles. The molecule has 5 nitrogen and oxygen atoms in total. The van der Waals surface area contributed by atoms with E-state index in [1.165, 1.54) is 24.8 Å². The van der Waals surface area contributed by atoms with Crippen molar-refractivity contribution in [2.45, 2.75) is 46.1 Å². The summed E-state index contributed by atoms with van der Waals surface area (Å²) >= 11 is 0. The van der Waals surface area contributed by atoms with E-state index in [0.717, 1.165) is 35.7 Å². The van der Waals surface area contributed by atoms with Gasteiger partial charge in [-0.2, -0.15) is 0 Å². The quantitative estimate of drug-likeness (QED) is 0.802. The Morgan fingerprint density at radius 1 is 1.19 bits per heavy atom. The van der Waals surface area contributed by atoms with E-state index in [9.17, 15) is 4.79 Å². The Labute approximate surface area is 161 Å². The summed E-state index contributed by atoms with van der Waals surface area (Å²) in [6.45, 7) is 8.72. The summed E-state index contributed by atoms with van der Waals surface area (Å²) in [6, 6.07) is 8.11. The molecule has 1 N–H and O–H groups in total. The van der Waals surface area contributed by atoms with Crippen LogP contribution >= 0.6 is 0 Å². The lowest BCUT2D eigenvalue weighted by Crippen LogP contribution is -2.41. The van der Waals surface area contributed by atoms with Gasteiger partial charge in [-0.05, 0) is 70.0 Å². The lowest BCUT2D eigenvalue weighted by molar-refractivity contribution is -0.123. The number of carbonyl (C=O) groups excluding carboxylic acids is 1. The van der Waals surface area contributed by atoms with E-state index in [-0.39, 0.29) is 18.6 Å². The van der Waals surface area contributed by atoms with Gasteiger partial charge in [-0.3, -0.25) is 9.69 Å². The minimum Gasteiger partial charge on any atom is -0.483 e. The Kier molecular flexibility index (Phi) is 6.56. The van der Waals surface area contributed by atoms with E-state index in [0.29, 0.717) is 6.54 Å². The average molecular weight is 370 g/mol. The Hall–Kier alpha value is -2.27. The van der Waals surface area contributed by atoms with Crippen LogP contribution in [0.2, 0.25) is 0 Å². The molecule has 0 spiro atoms. The van der Waals surface area contributed by atoms with Crippen LogP contribution in [0.25, 0.3) is 0 Å². The van der Waals surface area contributed by atoms with Crippen molar-refractivity contribution in [3.8, 4) is 5.75 Å². The Morgan fingerprint density at radius 3 is 2.52 bits per heavy atom. The lowest BCUT2D eigenvalue weighted by atomic mass is 10.1. The normalized spacial score (nSPS) is 16.1. The Balaban J connectivity index is 1.56. The molecule has 1 aliphatic heterocycles. The zero-order valence-corrected chi connectivity index (χ0v) is 16.6. The monoisotopic (exact) mass is 370 g/mol. The third-order valence-electron chi connectivity index (χ3n) is 5.15. The van der Waals surface area contributed by atoms with E-state index in [2.05, 4.69) is 29.3 Å². The SMILES string of the molecule is Cc1cc(C)c(OCC(=O)NC[C@@H](c2ccco2)N2CCCCC2)c(C)c1. The van der Waals surface area contributed by atoms with Gasteiger partial charge in [0.05, 0.1) is 12.3 Å². The maximum atomic E-state index is 12.4. The fourth-order valence-corrected chi connectivity index (χ4v) is 3.91. The maximum absolute atomic E-state index is 12.4. The van der Waals surface area contributed by atoms with Crippen molar-refractivity contribution >= 4 is 5.91 Å². The molecule has 2 aromatic rings. The molecule has 1 aromatic carbocycles. The second-order valence-corrected chi connectivity index (χ2v) is 7.45. The highest BCUT2D eigenvalue weighted by Gasteiger charge is 2.25. The maximum Gasteiger partial charge on any atom is 0.258 e. The van der Waals surface area contributed by atoms with Crippen LogP contribution in [-0.4, -0.2) is 37.0 Å². The highest BCUT2D eigenvalue weighted by atomic mass is 16.5. The molecular weight excluding hydrogens is 340 g/mol. The molecule has 146 valence electrons. The second kappa shape index (κ2) is 9.09. The molecule has 0 unspecified atom stereocenters. The summed E-state index contributed by atoms with van der Waals surface area (Å²) in [5.41, 5.74) is 3.31. The van der Waals surface area contributed by atoms with E-state index in [4.69, 9.17) is 9.15 Å². The van der Waals surface area contributed by atoms with Crippen LogP contribution in [-0.2, 0) is 4.79 Å². The molecule has 1 fully saturated rings. The standard InChI is InChI=1S/C22H30N2O3/c1-16-12-17(2)22(18(3)13-16)27-15-21(25)23-14-19(20-8-7-11-26-20)24-9-5-4-6-10-24/h7-8,11-13,19H,4-6,9-10,14-15H2,1-3H3,(H,23,25)/t19-/m0/s1. The molecule has 1 amide bonds. The molecule has 1 aromatic heterocycles. The van der Waals surface area contributed by atoms with Crippen molar-refractivity contribution in [1.29, 1.82) is 0 Å². The molecule has 1 atom stereocenters. The van der Waals surface area contributed by atoms with Gasteiger partial charge in [0.25, 0.3) is 5.91 Å². The molecule has 2 heterocycles. The van der Waals surface area contributed by atoms with Crippen LogP contribution in [0.1, 0.15) is 47.8 Å². The summed E-state index contributed by atoms with van der Waals surface area (Å²) in [5, 5.41) is 3.02. The zero-order valence-electron chi connectivity index (χ0n) is 16.6. The number of piperidine rings is 1. The molecule has 0 bridgehead atoms. The third kappa shape index (κ3) is 5.13. The molecule has 5 heteroatoms. The van der Waals surface area contributed by atoms with Crippen LogP contribution in [0.15, 0.2) is 34.9 Å². The molecule has 0 saturated carbocycles. The molecule has 0 radical (unpaired) electrons. The largest absolute Gasteiger partial charge is 0.483 e. The number of carbonyl (C=O) groups is 1. The first-order valence-corrected chi connectivity index (χ1v) is 9.79. The van der Waals surface area contributed by atoms with Gasteiger partial charge in [0, 0.05) is 6.54 Å². The summed E-state index contributed by atoms with van der Waals surface area (Å²) < 4.78 is 11.4. The van der Waals surface area contributed by atoms with Gasteiger partial charge < -0.3 is 14.5 Å². The van der Waals surface area contributed by atoms with Crippen LogP contribution in [0.3, 0.4) is 0 Å². The number of rotatable bonds is 7. The number of likely N-dealkylation sites (tertiary alicyclic amines) is 1. The van der Waals surface area contributed by atoms with E-state index in [1.807, 2.05) is 26.0 Å². The topological polar surface area (TPSA) is 54.7 Å². The number of hydrogen-bond donors (Lipinski definition) is 1. The fraction of sp³-hybridized carbons (Fsp3) is 0.500. The number of nitrogens with one attached hydrogen (secondary N) is 1. The van der Waals surface area contributed by atoms with Gasteiger partial charge in [-0.25, -0.2) is 0 Å². The van der Waals surface area contributed by atoms with Gasteiger partial charge in [-0.15, -0.1) is 0 Å². The minimum absolute atomic E-state index is 0.0234. The van der Waals surface area contributed by atoms with Crippen LogP contribution in [0.5, 0.6) is 5.75 Å². The number of benzene rings is 1. The molecular formula is C22H30N2O3. The van der Waals surface area contributed by atoms with Crippen molar-refractivity contribution in [3.05, 3.63) is 53.0 Å².